The fourth-order valence-electron chi connectivity index (χ4n) is 0. The SMILES string of the molecule is N.O.[F].[Y]. The van der Waals surface area contributed by atoms with E-state index in [2.05, 4.69) is 0 Å². The van der Waals surface area contributed by atoms with Gasteiger partial charge in [-0.15, -0.1) is 0 Å². The van der Waals surface area contributed by atoms with Crippen LogP contribution in [-0.4, -0.2) is 5.48 Å². The number of hydrogen-bond acceptors (Lipinski definition) is 1. The van der Waals surface area contributed by atoms with E-state index in [1.54, 1.807) is 0 Å². The molecule has 0 rings (SSSR count). The summed E-state index contributed by atoms with van der Waals surface area (Å²) in [6.45, 7) is 0. The smallest absolute Gasteiger partial charge is 0 e. The van der Waals surface area contributed by atoms with Crippen LogP contribution in [0.2, 0.25) is 0 Å². The van der Waals surface area contributed by atoms with Gasteiger partial charge in [0.25, 0.3) is 0 Å². The van der Waals surface area contributed by atoms with Crippen LogP contribution in [0, 0.1) is 0 Å². The van der Waals surface area contributed by atoms with E-state index in [0.29, 0.717) is 0 Å². The average molecular weight is 143 g/mol. The molecule has 0 aliphatic carbocycles. The van der Waals surface area contributed by atoms with Crippen LogP contribution in [0.3, 0.4) is 0 Å². The number of halogens is 1. The van der Waals surface area contributed by atoms with Crippen LogP contribution < -0.4 is 6.15 Å². The van der Waals surface area contributed by atoms with E-state index in [9.17, 15) is 0 Å². The van der Waals surface area contributed by atoms with Crippen molar-refractivity contribution in [2.75, 3.05) is 0 Å². The molecule has 0 atom stereocenters. The fourth-order valence-corrected chi connectivity index (χ4v) is 0. The summed E-state index contributed by atoms with van der Waals surface area (Å²) in [5, 5.41) is 0. The Balaban J connectivity index is 0. The molecule has 2 nitrogen and oxygen atoms in total. The van der Waals surface area contributed by atoms with E-state index in [1.807, 2.05) is 0 Å². The average Bonchev–Trinajstić information content (AvgIpc) is 0. The van der Waals surface area contributed by atoms with Crippen LogP contribution >= 0.6 is 0 Å². The first kappa shape index (κ1) is 85.1. The topological polar surface area (TPSA) is 66.5 Å². The second-order valence-corrected chi connectivity index (χ2v) is 0. The molecule has 4 heteroatoms. The molecule has 4 heavy (non-hydrogen) atoms. The second-order valence-electron chi connectivity index (χ2n) is 0. The van der Waals surface area contributed by atoms with Crippen molar-refractivity contribution in [3.8, 4) is 0 Å². The van der Waals surface area contributed by atoms with Crippen molar-refractivity contribution in [1.82, 2.24) is 6.15 Å². The third-order valence-electron chi connectivity index (χ3n) is 0. The molecule has 2 radical (unpaired) electrons. The van der Waals surface area contributed by atoms with Gasteiger partial charge in [-0.2, -0.15) is 0 Å². The summed E-state index contributed by atoms with van der Waals surface area (Å²) >= 11 is 0. The quantitative estimate of drug-likeness (QED) is 0.499. The molecule has 0 amide bonds. The molecule has 0 heterocycles. The Morgan fingerprint density at radius 2 is 1.00 bits per heavy atom. The molecule has 0 spiro atoms. The third kappa shape index (κ3) is 12.4. The van der Waals surface area contributed by atoms with Gasteiger partial charge in [0.15, 0.2) is 0 Å². The molecule has 0 aromatic rings. The Hall–Kier alpha value is 0.954. The molecular weight excluding hydrogens is 138 g/mol. The predicted octanol–water partition coefficient (Wildman–Crippen LogP) is -0.245. The van der Waals surface area contributed by atoms with Gasteiger partial charge in [0, 0.05) is 37.4 Å². The molecule has 0 saturated carbocycles. The van der Waals surface area contributed by atoms with Gasteiger partial charge in [-0.25, -0.2) is 0 Å². The summed E-state index contributed by atoms with van der Waals surface area (Å²) < 4.78 is 0. The molecule has 0 aromatic carbocycles. The van der Waals surface area contributed by atoms with Crippen LogP contribution in [0.15, 0.2) is 0 Å². The zero-order valence-electron chi connectivity index (χ0n) is 2.16. The maximum Gasteiger partial charge on any atom is 0 e. The van der Waals surface area contributed by atoms with E-state index in [0.717, 1.165) is 0 Å². The summed E-state index contributed by atoms with van der Waals surface area (Å²) in [6, 6.07) is 0. The third-order valence-corrected chi connectivity index (χ3v) is 0. The van der Waals surface area contributed by atoms with Gasteiger partial charge in [-0.3, -0.25) is 0 Å². The van der Waals surface area contributed by atoms with E-state index < -0.39 is 0 Å². The zero-order chi connectivity index (χ0) is 0. The summed E-state index contributed by atoms with van der Waals surface area (Å²) in [7, 11) is 0. The van der Waals surface area contributed by atoms with Crippen LogP contribution in [0.25, 0.3) is 0 Å². The maximum atomic E-state index is 0. The van der Waals surface area contributed by atoms with E-state index in [1.165, 1.54) is 0 Å². The Kier molecular flexibility index (Phi) is 807. The molecule has 0 fully saturated rings. The van der Waals surface area contributed by atoms with Gasteiger partial charge in [-0.05, 0) is 0 Å². The van der Waals surface area contributed by atoms with Gasteiger partial charge in [0.05, 0.1) is 0 Å². The van der Waals surface area contributed by atoms with Gasteiger partial charge >= 0.3 is 0 Å². The number of hydrogen-bond donors (Lipinski definition) is 1. The monoisotopic (exact) mass is 143 g/mol. The number of rotatable bonds is 0. The normalized spacial score (nSPS) is 0. The first-order chi connectivity index (χ1) is 0. The molecular formula is H5FNOY. The van der Waals surface area contributed by atoms with Crippen molar-refractivity contribution in [2.45, 2.75) is 0 Å². The first-order valence-electron chi connectivity index (χ1n) is 0. The summed E-state index contributed by atoms with van der Waals surface area (Å²) in [6.07, 6.45) is 0. The van der Waals surface area contributed by atoms with Crippen molar-refractivity contribution in [3.63, 3.8) is 0 Å². The van der Waals surface area contributed by atoms with Crippen LogP contribution in [0.4, 0.5) is 4.70 Å². The Labute approximate surface area is 49.1 Å². The molecule has 0 saturated heterocycles. The summed E-state index contributed by atoms with van der Waals surface area (Å²) in [5.74, 6) is 0. The minimum Gasteiger partial charge on any atom is -0.412 e. The van der Waals surface area contributed by atoms with Crippen molar-refractivity contribution in [2.24, 2.45) is 0 Å². The van der Waals surface area contributed by atoms with E-state index >= 15 is 0 Å². The van der Waals surface area contributed by atoms with Gasteiger partial charge < -0.3 is 11.6 Å². The minimum atomic E-state index is 0. The molecule has 0 aliphatic rings. The van der Waals surface area contributed by atoms with Crippen molar-refractivity contribution >= 4 is 0 Å². The van der Waals surface area contributed by atoms with Crippen molar-refractivity contribution < 1.29 is 42.9 Å². The molecule has 0 aromatic heterocycles. The Morgan fingerprint density at radius 3 is 1.00 bits per heavy atom. The molecule has 0 bridgehead atoms. The minimum absolute atomic E-state index is 0. The largest absolute Gasteiger partial charge is 0.412 e. The van der Waals surface area contributed by atoms with E-state index in [4.69, 9.17) is 0 Å². The first-order valence-corrected chi connectivity index (χ1v) is 0. The van der Waals surface area contributed by atoms with E-state index in [-0.39, 0.29) is 49.0 Å². The molecule has 0 aliphatic heterocycles. The summed E-state index contributed by atoms with van der Waals surface area (Å²) in [4.78, 5) is 0. The standard InChI is InChI=1S/F.H3N.H2O.Y/h;1H3;1H2;. The molecule has 5 N–H and O–H groups in total. The van der Waals surface area contributed by atoms with Crippen LogP contribution in [0.1, 0.15) is 0 Å². The summed E-state index contributed by atoms with van der Waals surface area (Å²) in [5.41, 5.74) is 0. The zero-order valence-corrected chi connectivity index (χ0v) is 5.00. The Morgan fingerprint density at radius 1 is 1.00 bits per heavy atom. The molecule has 0 unspecified atom stereocenters. The van der Waals surface area contributed by atoms with Gasteiger partial charge in [0.1, 0.15) is 0 Å². The van der Waals surface area contributed by atoms with Crippen molar-refractivity contribution in [1.29, 1.82) is 0 Å². The van der Waals surface area contributed by atoms with Crippen LogP contribution in [0.5, 0.6) is 0 Å². The van der Waals surface area contributed by atoms with Crippen molar-refractivity contribution in [3.05, 3.63) is 0 Å². The van der Waals surface area contributed by atoms with Gasteiger partial charge in [0.2, 0.25) is 0 Å². The van der Waals surface area contributed by atoms with Crippen LogP contribution in [-0.2, 0) is 32.7 Å². The van der Waals surface area contributed by atoms with Gasteiger partial charge in [-0.1, -0.05) is 0 Å². The Bertz CT molecular complexity index is 8.00. The predicted molar refractivity (Wildman–Crippen MR) is 9.74 cm³/mol. The fraction of sp³-hybridized carbons (Fsp3) is 0. The maximum absolute atomic E-state index is 0. The second kappa shape index (κ2) is 37.9. The molecule has 26 valence electrons.